The maximum atomic E-state index is 6.23. The summed E-state index contributed by atoms with van der Waals surface area (Å²) in [5.41, 5.74) is 4.13. The fourth-order valence-electron chi connectivity index (χ4n) is 1.90. The van der Waals surface area contributed by atoms with Crippen molar-refractivity contribution in [2.24, 2.45) is 0 Å². The van der Waals surface area contributed by atoms with Crippen molar-refractivity contribution < 1.29 is 4.74 Å². The van der Waals surface area contributed by atoms with Crippen LogP contribution in [0, 0.1) is 13.8 Å². The Labute approximate surface area is 100 Å². The summed E-state index contributed by atoms with van der Waals surface area (Å²) in [5.74, 6) is 0. The molecule has 0 N–H and O–H groups in total. The van der Waals surface area contributed by atoms with Crippen LogP contribution in [0.2, 0.25) is 5.02 Å². The molecule has 3 heteroatoms. The van der Waals surface area contributed by atoms with Crippen molar-refractivity contribution in [1.29, 1.82) is 0 Å². The highest BCUT2D eigenvalue weighted by molar-refractivity contribution is 6.35. The highest BCUT2D eigenvalue weighted by Crippen LogP contribution is 2.27. The van der Waals surface area contributed by atoms with Gasteiger partial charge in [0.1, 0.15) is 0 Å². The van der Waals surface area contributed by atoms with Gasteiger partial charge in [-0.05, 0) is 31.5 Å². The average molecular weight is 236 g/mol. The first-order chi connectivity index (χ1) is 7.61. The standard InChI is InChI=1S/C13H14ClNO/c1-8-4-10(7-16-3)13-11(5-8)12(14)6-9(2)15-13/h4-6H,7H2,1-3H3. The molecule has 84 valence electrons. The maximum absolute atomic E-state index is 6.23. The molecule has 2 aromatic rings. The second-order valence-corrected chi connectivity index (χ2v) is 4.41. The van der Waals surface area contributed by atoms with Gasteiger partial charge in [0, 0.05) is 23.8 Å². The number of halogens is 1. The van der Waals surface area contributed by atoms with Crippen molar-refractivity contribution >= 4 is 22.5 Å². The van der Waals surface area contributed by atoms with E-state index in [1.165, 1.54) is 5.56 Å². The molecule has 0 bridgehead atoms. The molecule has 0 aliphatic heterocycles. The summed E-state index contributed by atoms with van der Waals surface area (Å²) in [6, 6.07) is 6.04. The number of hydrogen-bond acceptors (Lipinski definition) is 2. The number of hydrogen-bond donors (Lipinski definition) is 0. The first-order valence-corrected chi connectivity index (χ1v) is 5.55. The van der Waals surface area contributed by atoms with Crippen LogP contribution in [0.15, 0.2) is 18.2 Å². The lowest BCUT2D eigenvalue weighted by Crippen LogP contribution is -1.95. The maximum Gasteiger partial charge on any atom is 0.0775 e. The molecule has 16 heavy (non-hydrogen) atoms. The van der Waals surface area contributed by atoms with Crippen LogP contribution in [0.3, 0.4) is 0 Å². The minimum absolute atomic E-state index is 0.560. The third kappa shape index (κ3) is 2.04. The van der Waals surface area contributed by atoms with Gasteiger partial charge in [-0.2, -0.15) is 0 Å². The predicted molar refractivity (Wildman–Crippen MR) is 66.9 cm³/mol. The lowest BCUT2D eigenvalue weighted by Gasteiger charge is -2.09. The van der Waals surface area contributed by atoms with Gasteiger partial charge >= 0.3 is 0 Å². The Morgan fingerprint density at radius 2 is 2.00 bits per heavy atom. The van der Waals surface area contributed by atoms with Gasteiger partial charge in [0.15, 0.2) is 0 Å². The van der Waals surface area contributed by atoms with E-state index < -0.39 is 0 Å². The van der Waals surface area contributed by atoms with E-state index in [1.807, 2.05) is 13.0 Å². The van der Waals surface area contributed by atoms with Crippen LogP contribution < -0.4 is 0 Å². The Morgan fingerprint density at radius 3 is 2.69 bits per heavy atom. The molecule has 0 amide bonds. The van der Waals surface area contributed by atoms with E-state index in [-0.39, 0.29) is 0 Å². The van der Waals surface area contributed by atoms with Crippen LogP contribution in [0.5, 0.6) is 0 Å². The molecule has 0 fully saturated rings. The van der Waals surface area contributed by atoms with Crippen LogP contribution in [-0.4, -0.2) is 12.1 Å². The van der Waals surface area contributed by atoms with Crippen LogP contribution in [0.4, 0.5) is 0 Å². The predicted octanol–water partition coefficient (Wildman–Crippen LogP) is 3.65. The number of rotatable bonds is 2. The van der Waals surface area contributed by atoms with Crippen LogP contribution >= 0.6 is 11.6 Å². The smallest absolute Gasteiger partial charge is 0.0775 e. The third-order valence-corrected chi connectivity index (χ3v) is 2.83. The Bertz CT molecular complexity index is 537. The van der Waals surface area contributed by atoms with Gasteiger partial charge in [0.25, 0.3) is 0 Å². The molecule has 2 nitrogen and oxygen atoms in total. The molecule has 1 heterocycles. The third-order valence-electron chi connectivity index (χ3n) is 2.51. The SMILES string of the molecule is COCc1cc(C)cc2c(Cl)cc(C)nc12. The molecule has 0 aliphatic rings. The van der Waals surface area contributed by atoms with Crippen molar-refractivity contribution in [1.82, 2.24) is 4.98 Å². The van der Waals surface area contributed by atoms with Gasteiger partial charge in [-0.3, -0.25) is 4.98 Å². The first-order valence-electron chi connectivity index (χ1n) is 5.17. The van der Waals surface area contributed by atoms with Crippen molar-refractivity contribution in [2.45, 2.75) is 20.5 Å². The number of benzene rings is 1. The minimum atomic E-state index is 0.560. The highest BCUT2D eigenvalue weighted by Gasteiger charge is 2.08. The average Bonchev–Trinajstić information content (AvgIpc) is 2.20. The van der Waals surface area contributed by atoms with Gasteiger partial charge in [-0.25, -0.2) is 0 Å². The number of fused-ring (bicyclic) bond motifs is 1. The molecular weight excluding hydrogens is 222 g/mol. The molecule has 0 saturated carbocycles. The van der Waals surface area contributed by atoms with E-state index in [0.29, 0.717) is 6.61 Å². The second-order valence-electron chi connectivity index (χ2n) is 4.00. The van der Waals surface area contributed by atoms with Crippen LogP contribution in [0.1, 0.15) is 16.8 Å². The molecule has 1 aromatic carbocycles. The Balaban J connectivity index is 2.78. The molecule has 0 atom stereocenters. The van der Waals surface area contributed by atoms with Gasteiger partial charge in [-0.15, -0.1) is 0 Å². The zero-order valence-electron chi connectivity index (χ0n) is 9.67. The Kier molecular flexibility index (Phi) is 3.13. The van der Waals surface area contributed by atoms with Crippen molar-refractivity contribution in [3.05, 3.63) is 40.0 Å². The number of methoxy groups -OCH3 is 1. The van der Waals surface area contributed by atoms with Crippen molar-refractivity contribution in [3.8, 4) is 0 Å². The molecular formula is C13H14ClNO. The molecule has 1 aromatic heterocycles. The van der Waals surface area contributed by atoms with Gasteiger partial charge < -0.3 is 4.74 Å². The first kappa shape index (κ1) is 11.4. The zero-order chi connectivity index (χ0) is 11.7. The van der Waals surface area contributed by atoms with E-state index in [4.69, 9.17) is 16.3 Å². The number of aromatic nitrogens is 1. The number of nitrogens with zero attached hydrogens (tertiary/aromatic N) is 1. The molecule has 2 rings (SSSR count). The van der Waals surface area contributed by atoms with Gasteiger partial charge in [0.2, 0.25) is 0 Å². The van der Waals surface area contributed by atoms with E-state index in [9.17, 15) is 0 Å². The topological polar surface area (TPSA) is 22.1 Å². The lowest BCUT2D eigenvalue weighted by molar-refractivity contribution is 0.186. The van der Waals surface area contributed by atoms with Gasteiger partial charge in [-0.1, -0.05) is 17.7 Å². The summed E-state index contributed by atoms with van der Waals surface area (Å²) in [4.78, 5) is 4.53. The largest absolute Gasteiger partial charge is 0.380 e. The summed E-state index contributed by atoms with van der Waals surface area (Å²) in [6.45, 7) is 4.56. The van der Waals surface area contributed by atoms with E-state index in [1.54, 1.807) is 7.11 Å². The molecule has 0 spiro atoms. The summed E-state index contributed by atoms with van der Waals surface area (Å²) in [7, 11) is 1.69. The quantitative estimate of drug-likeness (QED) is 0.793. The number of aryl methyl sites for hydroxylation is 2. The van der Waals surface area contributed by atoms with E-state index >= 15 is 0 Å². The monoisotopic (exact) mass is 235 g/mol. The minimum Gasteiger partial charge on any atom is -0.380 e. The van der Waals surface area contributed by atoms with Gasteiger partial charge in [0.05, 0.1) is 17.1 Å². The summed E-state index contributed by atoms with van der Waals surface area (Å²) in [5, 5.41) is 1.75. The fraction of sp³-hybridized carbons (Fsp3) is 0.308. The Morgan fingerprint density at radius 1 is 1.25 bits per heavy atom. The van der Waals surface area contributed by atoms with Crippen molar-refractivity contribution in [2.75, 3.05) is 7.11 Å². The summed E-state index contributed by atoms with van der Waals surface area (Å²) >= 11 is 6.23. The van der Waals surface area contributed by atoms with E-state index in [0.717, 1.165) is 27.2 Å². The molecule has 0 aliphatic carbocycles. The molecule has 0 unspecified atom stereocenters. The molecule has 0 saturated heterocycles. The van der Waals surface area contributed by atoms with Crippen LogP contribution in [0.25, 0.3) is 10.9 Å². The second kappa shape index (κ2) is 4.40. The fourth-order valence-corrected chi connectivity index (χ4v) is 2.21. The summed E-state index contributed by atoms with van der Waals surface area (Å²) < 4.78 is 5.19. The normalized spacial score (nSPS) is 11.0. The van der Waals surface area contributed by atoms with Crippen molar-refractivity contribution in [3.63, 3.8) is 0 Å². The Hall–Kier alpha value is -1.12. The highest BCUT2D eigenvalue weighted by atomic mass is 35.5. The lowest BCUT2D eigenvalue weighted by atomic mass is 10.1. The van der Waals surface area contributed by atoms with E-state index in [2.05, 4.69) is 24.0 Å². The summed E-state index contributed by atoms with van der Waals surface area (Å²) in [6.07, 6.45) is 0. The van der Waals surface area contributed by atoms with Crippen LogP contribution in [-0.2, 0) is 11.3 Å². The number of ether oxygens (including phenoxy) is 1. The molecule has 0 radical (unpaired) electrons. The number of pyridine rings is 1. The zero-order valence-corrected chi connectivity index (χ0v) is 10.4.